The number of piperazine rings is 1. The van der Waals surface area contributed by atoms with E-state index in [9.17, 15) is 0 Å². The molecule has 3 unspecified atom stereocenters. The number of hydrogen-bond acceptors (Lipinski definition) is 5. The number of guanidine groups is 1. The molecule has 1 aromatic rings. The van der Waals surface area contributed by atoms with Gasteiger partial charge in [0.1, 0.15) is 0 Å². The average molecular weight is 450 g/mol. The number of benzene rings is 1. The number of anilines is 1. The summed E-state index contributed by atoms with van der Waals surface area (Å²) < 4.78 is 0. The topological polar surface area (TPSA) is 34.1 Å². The van der Waals surface area contributed by atoms with Crippen molar-refractivity contribution in [2.45, 2.75) is 44.7 Å². The molecule has 0 bridgehead atoms. The van der Waals surface area contributed by atoms with Crippen LogP contribution in [0.15, 0.2) is 17.1 Å². The van der Waals surface area contributed by atoms with Crippen molar-refractivity contribution in [1.82, 2.24) is 14.7 Å². The van der Waals surface area contributed by atoms with Crippen LogP contribution in [0.5, 0.6) is 0 Å². The average Bonchev–Trinajstić information content (AvgIpc) is 3.52. The second-order valence-electron chi connectivity index (χ2n) is 9.60. The summed E-state index contributed by atoms with van der Waals surface area (Å²) >= 11 is 12.5. The van der Waals surface area contributed by atoms with E-state index in [1.54, 1.807) is 0 Å². The minimum atomic E-state index is 0.601. The standard InChI is InChI=1S/C23H33Cl2N5/c1-28-7-9-29(10-8-28)5-2-6-30(19-4-3-16-11-17(16)12-19)23-26-15-18-13-20(24)21(25)14-22(18)27-23/h13-14,16-17,19H,2-12,15H2,1H3,(H,26,27). The highest BCUT2D eigenvalue weighted by molar-refractivity contribution is 6.42. The second-order valence-corrected chi connectivity index (χ2v) is 10.4. The summed E-state index contributed by atoms with van der Waals surface area (Å²) in [4.78, 5) is 12.6. The van der Waals surface area contributed by atoms with Gasteiger partial charge in [-0.3, -0.25) is 0 Å². The van der Waals surface area contributed by atoms with Gasteiger partial charge in [0.15, 0.2) is 5.96 Å². The number of aliphatic imine (C=N–C) groups is 1. The van der Waals surface area contributed by atoms with E-state index >= 15 is 0 Å². The third-order valence-corrected chi connectivity index (χ3v) is 8.21. The Morgan fingerprint density at radius 2 is 1.87 bits per heavy atom. The Balaban J connectivity index is 1.26. The van der Waals surface area contributed by atoms with E-state index in [0.717, 1.165) is 35.6 Å². The molecule has 5 rings (SSSR count). The third kappa shape index (κ3) is 4.59. The Kier molecular flexibility index (Phi) is 6.16. The molecule has 7 heteroatoms. The van der Waals surface area contributed by atoms with Crippen molar-refractivity contribution in [2.75, 3.05) is 51.6 Å². The molecule has 0 aromatic heterocycles. The van der Waals surface area contributed by atoms with Crippen LogP contribution in [0.2, 0.25) is 10.0 Å². The Bertz CT molecular complexity index is 805. The minimum Gasteiger partial charge on any atom is -0.340 e. The highest BCUT2D eigenvalue weighted by Gasteiger charge is 2.44. The number of nitrogens with zero attached hydrogens (tertiary/aromatic N) is 4. The number of nitrogens with one attached hydrogen (secondary N) is 1. The summed E-state index contributed by atoms with van der Waals surface area (Å²) in [6, 6.07) is 4.50. The summed E-state index contributed by atoms with van der Waals surface area (Å²) in [5.74, 6) is 2.99. The molecule has 164 valence electrons. The fourth-order valence-electron chi connectivity index (χ4n) is 5.42. The number of halogens is 2. The van der Waals surface area contributed by atoms with Crippen molar-refractivity contribution in [3.8, 4) is 0 Å². The molecule has 2 aliphatic heterocycles. The van der Waals surface area contributed by atoms with E-state index in [2.05, 4.69) is 27.1 Å². The lowest BCUT2D eigenvalue weighted by Gasteiger charge is -2.39. The van der Waals surface area contributed by atoms with E-state index in [-0.39, 0.29) is 0 Å². The van der Waals surface area contributed by atoms with Gasteiger partial charge < -0.3 is 20.0 Å². The van der Waals surface area contributed by atoms with Gasteiger partial charge in [-0.1, -0.05) is 23.2 Å². The molecule has 1 aromatic carbocycles. The Hall–Kier alpha value is -1.01. The molecule has 1 saturated heterocycles. The Morgan fingerprint density at radius 1 is 1.07 bits per heavy atom. The first-order valence-corrected chi connectivity index (χ1v) is 12.3. The van der Waals surface area contributed by atoms with Gasteiger partial charge >= 0.3 is 0 Å². The van der Waals surface area contributed by atoms with E-state index in [4.69, 9.17) is 28.2 Å². The maximum Gasteiger partial charge on any atom is 0.199 e. The zero-order valence-electron chi connectivity index (χ0n) is 17.9. The maximum absolute atomic E-state index is 6.29. The zero-order valence-corrected chi connectivity index (χ0v) is 19.4. The molecule has 30 heavy (non-hydrogen) atoms. The highest BCUT2D eigenvalue weighted by atomic mass is 35.5. The molecular formula is C23H33Cl2N5. The van der Waals surface area contributed by atoms with Crippen molar-refractivity contribution >= 4 is 34.8 Å². The number of fused-ring (bicyclic) bond motifs is 2. The van der Waals surface area contributed by atoms with Crippen LogP contribution < -0.4 is 5.32 Å². The smallest absolute Gasteiger partial charge is 0.199 e. The Labute approximate surface area is 190 Å². The third-order valence-electron chi connectivity index (χ3n) is 7.49. The summed E-state index contributed by atoms with van der Waals surface area (Å²) in [7, 11) is 2.22. The fraction of sp³-hybridized carbons (Fsp3) is 0.696. The van der Waals surface area contributed by atoms with Crippen LogP contribution in [-0.2, 0) is 6.54 Å². The fourth-order valence-corrected chi connectivity index (χ4v) is 5.77. The van der Waals surface area contributed by atoms with Crippen molar-refractivity contribution in [3.05, 3.63) is 27.7 Å². The lowest BCUT2D eigenvalue weighted by Crippen LogP contribution is -2.48. The minimum absolute atomic E-state index is 0.601. The molecule has 2 aliphatic carbocycles. The predicted molar refractivity (Wildman–Crippen MR) is 126 cm³/mol. The van der Waals surface area contributed by atoms with E-state index in [1.165, 1.54) is 64.8 Å². The van der Waals surface area contributed by atoms with Gasteiger partial charge in [0, 0.05) is 44.5 Å². The van der Waals surface area contributed by atoms with Crippen LogP contribution in [0.4, 0.5) is 5.69 Å². The number of rotatable bonds is 5. The highest BCUT2D eigenvalue weighted by Crippen LogP contribution is 2.50. The summed E-state index contributed by atoms with van der Waals surface area (Å²) in [5.41, 5.74) is 2.18. The number of likely N-dealkylation sites (N-methyl/N-ethyl adjacent to an activating group) is 1. The van der Waals surface area contributed by atoms with Gasteiger partial charge in [-0.2, -0.15) is 0 Å². The molecule has 3 fully saturated rings. The van der Waals surface area contributed by atoms with Crippen LogP contribution >= 0.6 is 23.2 Å². The largest absolute Gasteiger partial charge is 0.340 e. The quantitative estimate of drug-likeness (QED) is 0.721. The lowest BCUT2D eigenvalue weighted by atomic mass is 9.94. The van der Waals surface area contributed by atoms with Crippen LogP contribution in [0.1, 0.15) is 37.7 Å². The monoisotopic (exact) mass is 449 g/mol. The molecule has 5 nitrogen and oxygen atoms in total. The van der Waals surface area contributed by atoms with Crippen molar-refractivity contribution < 1.29 is 0 Å². The first-order valence-electron chi connectivity index (χ1n) is 11.5. The van der Waals surface area contributed by atoms with E-state index in [1.807, 2.05) is 12.1 Å². The second kappa shape index (κ2) is 8.85. The molecule has 1 N–H and O–H groups in total. The van der Waals surface area contributed by atoms with Gasteiger partial charge in [0.2, 0.25) is 0 Å². The lowest BCUT2D eigenvalue weighted by molar-refractivity contribution is 0.145. The summed E-state index contributed by atoms with van der Waals surface area (Å²) in [5, 5.41) is 4.80. The van der Waals surface area contributed by atoms with Crippen molar-refractivity contribution in [3.63, 3.8) is 0 Å². The first kappa shape index (κ1) is 20.9. The van der Waals surface area contributed by atoms with Gasteiger partial charge in [0.05, 0.1) is 16.6 Å². The normalized spacial score (nSPS) is 28.9. The van der Waals surface area contributed by atoms with E-state index < -0.39 is 0 Å². The molecule has 4 aliphatic rings. The van der Waals surface area contributed by atoms with Crippen LogP contribution in [-0.4, -0.2) is 73.0 Å². The molecule has 0 amide bonds. The van der Waals surface area contributed by atoms with Gasteiger partial charge in [-0.05, 0) is 75.2 Å². The molecule has 2 heterocycles. The number of hydrogen-bond donors (Lipinski definition) is 1. The SMILES string of the molecule is CN1CCN(CCCN(C2=NCc3cc(Cl)c(Cl)cc3N2)C2CCC3CC3C2)CC1. The van der Waals surface area contributed by atoms with Gasteiger partial charge in [0.25, 0.3) is 0 Å². The van der Waals surface area contributed by atoms with Crippen LogP contribution in [0.25, 0.3) is 0 Å². The van der Waals surface area contributed by atoms with Crippen molar-refractivity contribution in [1.29, 1.82) is 0 Å². The van der Waals surface area contributed by atoms with E-state index in [0.29, 0.717) is 22.6 Å². The van der Waals surface area contributed by atoms with Crippen LogP contribution in [0.3, 0.4) is 0 Å². The molecule has 3 atom stereocenters. The molecule has 0 spiro atoms. The maximum atomic E-state index is 6.29. The zero-order chi connectivity index (χ0) is 20.7. The first-order chi connectivity index (χ1) is 14.6. The van der Waals surface area contributed by atoms with Crippen LogP contribution in [0, 0.1) is 11.8 Å². The van der Waals surface area contributed by atoms with Crippen molar-refractivity contribution in [2.24, 2.45) is 16.8 Å². The predicted octanol–water partition coefficient (Wildman–Crippen LogP) is 4.40. The van der Waals surface area contributed by atoms with Gasteiger partial charge in [-0.15, -0.1) is 0 Å². The molecule has 0 radical (unpaired) electrons. The summed E-state index contributed by atoms with van der Waals surface area (Å²) in [6.45, 7) is 7.66. The molecular weight excluding hydrogens is 417 g/mol. The Morgan fingerprint density at radius 3 is 2.67 bits per heavy atom. The van der Waals surface area contributed by atoms with Gasteiger partial charge in [-0.25, -0.2) is 4.99 Å². The molecule has 2 saturated carbocycles. The summed E-state index contributed by atoms with van der Waals surface area (Å²) in [6.07, 6.45) is 6.64.